The van der Waals surface area contributed by atoms with E-state index in [9.17, 15) is 9.59 Å². The summed E-state index contributed by atoms with van der Waals surface area (Å²) in [5.74, 6) is 0.344. The van der Waals surface area contributed by atoms with Gasteiger partial charge in [0.25, 0.3) is 0 Å². The Morgan fingerprint density at radius 1 is 1.19 bits per heavy atom. The molecule has 1 unspecified atom stereocenters. The molecule has 0 saturated carbocycles. The Labute approximate surface area is 190 Å². The molecule has 4 rings (SSSR count). The number of aromatic nitrogens is 2. The van der Waals surface area contributed by atoms with Crippen molar-refractivity contribution in [2.24, 2.45) is 5.92 Å². The quantitative estimate of drug-likeness (QED) is 0.308. The van der Waals surface area contributed by atoms with Gasteiger partial charge in [0.2, 0.25) is 16.9 Å². The highest BCUT2D eigenvalue weighted by Crippen LogP contribution is 2.29. The van der Waals surface area contributed by atoms with Crippen LogP contribution in [0.3, 0.4) is 0 Å². The second-order valence-electron chi connectivity index (χ2n) is 7.54. The number of hydrogen-bond acceptors (Lipinski definition) is 6. The summed E-state index contributed by atoms with van der Waals surface area (Å²) in [6.07, 6.45) is 2.29. The standard InChI is InChI=1S/C23H24N4O2S2/c1-16-7-5-11-19(13-16)27-15-18(14-20(27)28)21(29)24-22-25-26-23(31-22)30-12-6-10-17-8-3-2-4-9-17/h2-5,7-9,11,13,18H,6,10,12,14-15H2,1H3,(H,24,25,29). The van der Waals surface area contributed by atoms with Crippen molar-refractivity contribution in [1.29, 1.82) is 0 Å². The van der Waals surface area contributed by atoms with Gasteiger partial charge in [-0.1, -0.05) is 65.6 Å². The Morgan fingerprint density at radius 3 is 2.84 bits per heavy atom. The molecule has 0 radical (unpaired) electrons. The molecule has 160 valence electrons. The molecule has 1 aromatic heterocycles. The van der Waals surface area contributed by atoms with Crippen LogP contribution < -0.4 is 10.2 Å². The number of hydrogen-bond donors (Lipinski definition) is 1. The Kier molecular flexibility index (Phi) is 6.99. The lowest BCUT2D eigenvalue weighted by molar-refractivity contribution is -0.122. The number of nitrogens with one attached hydrogen (secondary N) is 1. The van der Waals surface area contributed by atoms with Gasteiger partial charge in [-0.15, -0.1) is 10.2 Å². The number of aryl methyl sites for hydroxylation is 2. The van der Waals surface area contributed by atoms with E-state index in [-0.39, 0.29) is 24.2 Å². The van der Waals surface area contributed by atoms with E-state index in [1.54, 1.807) is 16.7 Å². The number of rotatable bonds is 8. The van der Waals surface area contributed by atoms with Gasteiger partial charge in [-0.3, -0.25) is 9.59 Å². The van der Waals surface area contributed by atoms with Gasteiger partial charge in [0.15, 0.2) is 4.34 Å². The molecule has 3 aromatic rings. The predicted octanol–water partition coefficient (Wildman–Crippen LogP) is 4.56. The first-order chi connectivity index (χ1) is 15.1. The summed E-state index contributed by atoms with van der Waals surface area (Å²) in [5, 5.41) is 11.6. The molecule has 0 spiro atoms. The number of carbonyl (C=O) groups is 2. The highest BCUT2D eigenvalue weighted by Gasteiger charge is 2.35. The van der Waals surface area contributed by atoms with E-state index in [0.29, 0.717) is 11.7 Å². The number of thioether (sulfide) groups is 1. The van der Waals surface area contributed by atoms with Gasteiger partial charge >= 0.3 is 0 Å². The normalized spacial score (nSPS) is 16.0. The molecule has 1 fully saturated rings. The van der Waals surface area contributed by atoms with E-state index in [4.69, 9.17) is 0 Å². The number of nitrogens with zero attached hydrogens (tertiary/aromatic N) is 3. The van der Waals surface area contributed by atoms with Crippen molar-refractivity contribution in [1.82, 2.24) is 10.2 Å². The van der Waals surface area contributed by atoms with E-state index in [0.717, 1.165) is 34.2 Å². The molecule has 8 heteroatoms. The summed E-state index contributed by atoms with van der Waals surface area (Å²) in [4.78, 5) is 26.8. The average Bonchev–Trinajstić information content (AvgIpc) is 3.38. The minimum atomic E-state index is -0.390. The van der Waals surface area contributed by atoms with Crippen LogP contribution in [0.4, 0.5) is 10.8 Å². The lowest BCUT2D eigenvalue weighted by atomic mass is 10.1. The van der Waals surface area contributed by atoms with Gasteiger partial charge in [-0.2, -0.15) is 0 Å². The van der Waals surface area contributed by atoms with Gasteiger partial charge in [-0.25, -0.2) is 0 Å². The fraction of sp³-hybridized carbons (Fsp3) is 0.304. The summed E-state index contributed by atoms with van der Waals surface area (Å²) < 4.78 is 0.840. The van der Waals surface area contributed by atoms with Crippen LogP contribution in [0.15, 0.2) is 58.9 Å². The van der Waals surface area contributed by atoms with Crippen LogP contribution >= 0.6 is 23.1 Å². The topological polar surface area (TPSA) is 75.2 Å². The molecule has 1 aliphatic heterocycles. The van der Waals surface area contributed by atoms with E-state index in [2.05, 4.69) is 39.8 Å². The van der Waals surface area contributed by atoms with Crippen molar-refractivity contribution in [2.75, 3.05) is 22.5 Å². The van der Waals surface area contributed by atoms with E-state index >= 15 is 0 Å². The summed E-state index contributed by atoms with van der Waals surface area (Å²) in [6.45, 7) is 2.37. The van der Waals surface area contributed by atoms with Gasteiger partial charge < -0.3 is 10.2 Å². The van der Waals surface area contributed by atoms with Crippen LogP contribution in [0.2, 0.25) is 0 Å². The average molecular weight is 453 g/mol. The van der Waals surface area contributed by atoms with Gasteiger partial charge in [0.1, 0.15) is 0 Å². The number of amides is 2. The van der Waals surface area contributed by atoms with Gasteiger partial charge in [-0.05, 0) is 43.0 Å². The van der Waals surface area contributed by atoms with Crippen molar-refractivity contribution >= 4 is 45.7 Å². The van der Waals surface area contributed by atoms with E-state index < -0.39 is 0 Å². The van der Waals surface area contributed by atoms with Crippen LogP contribution in [0.25, 0.3) is 0 Å². The number of benzene rings is 2. The lowest BCUT2D eigenvalue weighted by Crippen LogP contribution is -2.28. The Morgan fingerprint density at radius 2 is 2.03 bits per heavy atom. The molecule has 1 atom stereocenters. The highest BCUT2D eigenvalue weighted by molar-refractivity contribution is 8.01. The summed E-state index contributed by atoms with van der Waals surface area (Å²) in [5.41, 5.74) is 3.25. The van der Waals surface area contributed by atoms with Crippen LogP contribution in [0.5, 0.6) is 0 Å². The monoisotopic (exact) mass is 452 g/mol. The fourth-order valence-corrected chi connectivity index (χ4v) is 5.30. The Bertz CT molecular complexity index is 1050. The smallest absolute Gasteiger partial charge is 0.231 e. The first-order valence-corrected chi connectivity index (χ1v) is 12.1. The predicted molar refractivity (Wildman–Crippen MR) is 126 cm³/mol. The van der Waals surface area contributed by atoms with Crippen molar-refractivity contribution < 1.29 is 9.59 Å². The third-order valence-corrected chi connectivity index (χ3v) is 7.18. The first-order valence-electron chi connectivity index (χ1n) is 10.3. The maximum atomic E-state index is 12.7. The second kappa shape index (κ2) is 10.1. The third kappa shape index (κ3) is 5.71. The van der Waals surface area contributed by atoms with Crippen LogP contribution in [-0.4, -0.2) is 34.3 Å². The largest absolute Gasteiger partial charge is 0.312 e. The zero-order valence-corrected chi connectivity index (χ0v) is 18.9. The minimum absolute atomic E-state index is 0.0299. The summed E-state index contributed by atoms with van der Waals surface area (Å²) in [7, 11) is 0. The van der Waals surface area contributed by atoms with Crippen LogP contribution in [0.1, 0.15) is 24.0 Å². The molecule has 2 heterocycles. The van der Waals surface area contributed by atoms with E-state index in [1.165, 1.54) is 16.9 Å². The first kappa shape index (κ1) is 21.5. The molecule has 1 aliphatic rings. The lowest BCUT2D eigenvalue weighted by Gasteiger charge is -2.17. The maximum Gasteiger partial charge on any atom is 0.231 e. The van der Waals surface area contributed by atoms with Crippen LogP contribution in [-0.2, 0) is 16.0 Å². The zero-order chi connectivity index (χ0) is 21.6. The van der Waals surface area contributed by atoms with Crippen molar-refractivity contribution in [2.45, 2.75) is 30.5 Å². The Balaban J connectivity index is 1.25. The molecular weight excluding hydrogens is 428 g/mol. The minimum Gasteiger partial charge on any atom is -0.312 e. The molecule has 1 N–H and O–H groups in total. The molecule has 31 heavy (non-hydrogen) atoms. The molecule has 0 bridgehead atoms. The molecule has 1 saturated heterocycles. The van der Waals surface area contributed by atoms with Crippen molar-refractivity contribution in [3.05, 3.63) is 65.7 Å². The summed E-state index contributed by atoms with van der Waals surface area (Å²) in [6, 6.07) is 18.2. The van der Waals surface area contributed by atoms with Gasteiger partial charge in [0.05, 0.1) is 5.92 Å². The fourth-order valence-electron chi connectivity index (χ4n) is 3.54. The molecule has 2 aromatic carbocycles. The molecular formula is C23H24N4O2S2. The molecule has 0 aliphatic carbocycles. The SMILES string of the molecule is Cc1cccc(N2CC(C(=O)Nc3nnc(SCCCc4ccccc4)s3)CC2=O)c1. The highest BCUT2D eigenvalue weighted by atomic mass is 32.2. The molecule has 6 nitrogen and oxygen atoms in total. The zero-order valence-electron chi connectivity index (χ0n) is 17.3. The van der Waals surface area contributed by atoms with Crippen molar-refractivity contribution in [3.8, 4) is 0 Å². The maximum absolute atomic E-state index is 12.7. The number of anilines is 2. The van der Waals surface area contributed by atoms with Crippen molar-refractivity contribution in [3.63, 3.8) is 0 Å². The third-order valence-electron chi connectivity index (χ3n) is 5.12. The van der Waals surface area contributed by atoms with Crippen LogP contribution in [0, 0.1) is 12.8 Å². The number of carbonyl (C=O) groups excluding carboxylic acids is 2. The van der Waals surface area contributed by atoms with Gasteiger partial charge in [0, 0.05) is 24.4 Å². The van der Waals surface area contributed by atoms with E-state index in [1.807, 2.05) is 37.3 Å². The Hall–Kier alpha value is -2.71. The molecule has 2 amide bonds. The summed E-state index contributed by atoms with van der Waals surface area (Å²) >= 11 is 3.03. The second-order valence-corrected chi connectivity index (χ2v) is 9.86.